The fraction of sp³-hybridized carbons (Fsp3) is 0.933. The van der Waals surface area contributed by atoms with Crippen molar-refractivity contribution in [2.24, 2.45) is 5.73 Å². The van der Waals surface area contributed by atoms with Crippen LogP contribution in [-0.4, -0.2) is 42.0 Å². The summed E-state index contributed by atoms with van der Waals surface area (Å²) in [6.45, 7) is 8.96. The van der Waals surface area contributed by atoms with Gasteiger partial charge in [0.25, 0.3) is 0 Å². The van der Waals surface area contributed by atoms with E-state index in [1.54, 1.807) is 0 Å². The summed E-state index contributed by atoms with van der Waals surface area (Å²) in [4.78, 5) is 14.3. The molecule has 1 saturated heterocycles. The molecule has 0 radical (unpaired) electrons. The lowest BCUT2D eigenvalue weighted by Crippen LogP contribution is -2.61. The van der Waals surface area contributed by atoms with Crippen LogP contribution in [-0.2, 0) is 4.79 Å². The van der Waals surface area contributed by atoms with Gasteiger partial charge in [-0.1, -0.05) is 26.7 Å². The first-order chi connectivity index (χ1) is 9.03. The molecule has 1 aliphatic heterocycles. The van der Waals surface area contributed by atoms with E-state index in [0.29, 0.717) is 6.04 Å². The lowest BCUT2D eigenvalue weighted by atomic mass is 9.98. The van der Waals surface area contributed by atoms with E-state index < -0.39 is 5.54 Å². The third-order valence-corrected chi connectivity index (χ3v) is 4.30. The van der Waals surface area contributed by atoms with Gasteiger partial charge in [0.2, 0.25) is 5.91 Å². The van der Waals surface area contributed by atoms with Gasteiger partial charge in [-0.25, -0.2) is 0 Å². The SMILES string of the molecule is CCCNC(C)(CN1CCCCCC1CC)C(N)=O. The van der Waals surface area contributed by atoms with Crippen LogP contribution in [0, 0.1) is 0 Å². The molecule has 0 aromatic rings. The number of primary amides is 1. The van der Waals surface area contributed by atoms with E-state index in [1.807, 2.05) is 6.92 Å². The van der Waals surface area contributed by atoms with Crippen LogP contribution in [0.3, 0.4) is 0 Å². The number of nitrogens with two attached hydrogens (primary N) is 1. The molecule has 112 valence electrons. The van der Waals surface area contributed by atoms with Gasteiger partial charge in [-0.05, 0) is 45.7 Å². The molecule has 0 aliphatic carbocycles. The fourth-order valence-electron chi connectivity index (χ4n) is 2.94. The van der Waals surface area contributed by atoms with Gasteiger partial charge in [-0.15, -0.1) is 0 Å². The average molecular weight is 269 g/mol. The largest absolute Gasteiger partial charge is 0.368 e. The Kier molecular flexibility index (Phi) is 6.80. The first kappa shape index (κ1) is 16.4. The van der Waals surface area contributed by atoms with Crippen molar-refractivity contribution in [3.05, 3.63) is 0 Å². The molecule has 2 atom stereocenters. The summed E-state index contributed by atoms with van der Waals surface area (Å²) < 4.78 is 0. The highest BCUT2D eigenvalue weighted by Crippen LogP contribution is 2.21. The van der Waals surface area contributed by atoms with Crippen LogP contribution >= 0.6 is 0 Å². The highest BCUT2D eigenvalue weighted by Gasteiger charge is 2.34. The summed E-state index contributed by atoms with van der Waals surface area (Å²) in [6, 6.07) is 0.601. The number of amides is 1. The molecule has 19 heavy (non-hydrogen) atoms. The van der Waals surface area contributed by atoms with Crippen LogP contribution in [0.5, 0.6) is 0 Å². The molecule has 0 spiro atoms. The van der Waals surface area contributed by atoms with E-state index in [-0.39, 0.29) is 5.91 Å². The average Bonchev–Trinajstić information content (AvgIpc) is 2.61. The highest BCUT2D eigenvalue weighted by molar-refractivity contribution is 5.84. The van der Waals surface area contributed by atoms with Crippen molar-refractivity contribution in [3.63, 3.8) is 0 Å². The Hall–Kier alpha value is -0.610. The molecular weight excluding hydrogens is 238 g/mol. The Morgan fingerprint density at radius 2 is 2.11 bits per heavy atom. The second-order valence-corrected chi connectivity index (χ2v) is 6.01. The van der Waals surface area contributed by atoms with Gasteiger partial charge in [-0.2, -0.15) is 0 Å². The monoisotopic (exact) mass is 269 g/mol. The standard InChI is InChI=1S/C15H31N3O/c1-4-10-17-15(3,14(16)19)12-18-11-8-6-7-9-13(18)5-2/h13,17H,4-12H2,1-3H3,(H2,16,19). The second kappa shape index (κ2) is 7.85. The van der Waals surface area contributed by atoms with Gasteiger partial charge in [0.1, 0.15) is 5.54 Å². The summed E-state index contributed by atoms with van der Waals surface area (Å²) in [7, 11) is 0. The molecule has 0 bridgehead atoms. The molecule has 0 aromatic carbocycles. The molecule has 4 nitrogen and oxygen atoms in total. The smallest absolute Gasteiger partial charge is 0.238 e. The molecule has 1 fully saturated rings. The number of hydrogen-bond acceptors (Lipinski definition) is 3. The van der Waals surface area contributed by atoms with Crippen molar-refractivity contribution in [1.82, 2.24) is 10.2 Å². The molecule has 1 aliphatic rings. The quantitative estimate of drug-likeness (QED) is 0.742. The maximum Gasteiger partial charge on any atom is 0.238 e. The maximum absolute atomic E-state index is 11.8. The number of nitrogens with zero attached hydrogens (tertiary/aromatic N) is 1. The lowest BCUT2D eigenvalue weighted by molar-refractivity contribution is -0.124. The third-order valence-electron chi connectivity index (χ3n) is 4.30. The van der Waals surface area contributed by atoms with Gasteiger partial charge >= 0.3 is 0 Å². The van der Waals surface area contributed by atoms with Crippen molar-refractivity contribution in [1.29, 1.82) is 0 Å². The molecule has 0 saturated carbocycles. The topological polar surface area (TPSA) is 58.4 Å². The zero-order chi connectivity index (χ0) is 14.3. The minimum Gasteiger partial charge on any atom is -0.368 e. The van der Waals surface area contributed by atoms with Crippen LogP contribution < -0.4 is 11.1 Å². The van der Waals surface area contributed by atoms with Gasteiger partial charge in [-0.3, -0.25) is 9.69 Å². The van der Waals surface area contributed by atoms with Crippen molar-refractivity contribution in [2.75, 3.05) is 19.6 Å². The third kappa shape index (κ3) is 4.77. The number of carbonyl (C=O) groups excluding carboxylic acids is 1. The minimum atomic E-state index is -0.603. The summed E-state index contributed by atoms with van der Waals surface area (Å²) in [5, 5.41) is 3.34. The van der Waals surface area contributed by atoms with Crippen LogP contribution in [0.15, 0.2) is 0 Å². The number of nitrogens with one attached hydrogen (secondary N) is 1. The minimum absolute atomic E-state index is 0.236. The van der Waals surface area contributed by atoms with Crippen molar-refractivity contribution >= 4 is 5.91 Å². The van der Waals surface area contributed by atoms with Crippen LogP contribution in [0.2, 0.25) is 0 Å². The Morgan fingerprint density at radius 1 is 1.37 bits per heavy atom. The predicted octanol–water partition coefficient (Wildman–Crippen LogP) is 1.88. The summed E-state index contributed by atoms with van der Waals surface area (Å²) in [5.74, 6) is -0.236. The van der Waals surface area contributed by atoms with Crippen molar-refractivity contribution < 1.29 is 4.79 Å². The van der Waals surface area contributed by atoms with E-state index in [9.17, 15) is 4.79 Å². The lowest BCUT2D eigenvalue weighted by Gasteiger charge is -2.37. The van der Waals surface area contributed by atoms with E-state index in [0.717, 1.165) is 32.5 Å². The molecule has 2 unspecified atom stereocenters. The van der Waals surface area contributed by atoms with Crippen LogP contribution in [0.1, 0.15) is 59.3 Å². The molecule has 1 rings (SSSR count). The summed E-state index contributed by atoms with van der Waals surface area (Å²) in [6.07, 6.45) is 7.27. The molecular formula is C15H31N3O. The molecule has 0 aromatic heterocycles. The van der Waals surface area contributed by atoms with Gasteiger partial charge in [0, 0.05) is 12.6 Å². The molecule has 4 heteroatoms. The predicted molar refractivity (Wildman–Crippen MR) is 80.0 cm³/mol. The van der Waals surface area contributed by atoms with Crippen LogP contribution in [0.25, 0.3) is 0 Å². The van der Waals surface area contributed by atoms with E-state index >= 15 is 0 Å². The van der Waals surface area contributed by atoms with Gasteiger partial charge in [0.15, 0.2) is 0 Å². The Balaban J connectivity index is 2.72. The number of carbonyl (C=O) groups is 1. The second-order valence-electron chi connectivity index (χ2n) is 6.01. The van der Waals surface area contributed by atoms with E-state index in [4.69, 9.17) is 5.73 Å². The highest BCUT2D eigenvalue weighted by atomic mass is 16.1. The Labute approximate surface area is 118 Å². The van der Waals surface area contributed by atoms with Crippen LogP contribution in [0.4, 0.5) is 0 Å². The zero-order valence-corrected chi connectivity index (χ0v) is 12.9. The molecule has 1 amide bonds. The van der Waals surface area contributed by atoms with Gasteiger partial charge in [0.05, 0.1) is 0 Å². The molecule has 3 N–H and O–H groups in total. The first-order valence-electron chi connectivity index (χ1n) is 7.82. The molecule has 1 heterocycles. The Morgan fingerprint density at radius 3 is 2.68 bits per heavy atom. The Bertz CT molecular complexity index is 283. The maximum atomic E-state index is 11.8. The van der Waals surface area contributed by atoms with Crippen molar-refractivity contribution in [3.8, 4) is 0 Å². The van der Waals surface area contributed by atoms with E-state index in [1.165, 1.54) is 25.7 Å². The van der Waals surface area contributed by atoms with Gasteiger partial charge < -0.3 is 11.1 Å². The van der Waals surface area contributed by atoms with E-state index in [2.05, 4.69) is 24.1 Å². The number of hydrogen-bond donors (Lipinski definition) is 2. The first-order valence-corrected chi connectivity index (χ1v) is 7.82. The van der Waals surface area contributed by atoms with Crippen molar-refractivity contribution in [2.45, 2.75) is 70.9 Å². The normalized spacial score (nSPS) is 24.7. The summed E-state index contributed by atoms with van der Waals surface area (Å²) >= 11 is 0. The number of likely N-dealkylation sites (tertiary alicyclic amines) is 1. The number of rotatable bonds is 7. The summed E-state index contributed by atoms with van der Waals surface area (Å²) in [5.41, 5.74) is 5.02. The fourth-order valence-corrected chi connectivity index (χ4v) is 2.94. The zero-order valence-electron chi connectivity index (χ0n) is 12.9.